The maximum atomic E-state index is 6.79. The highest BCUT2D eigenvalue weighted by Gasteiger charge is 2.49. The molecule has 1 aliphatic rings. The number of benzene rings is 4. The molecular formula is C39H48O6Si. The molecule has 0 spiro atoms. The zero-order chi connectivity index (χ0) is 32.0. The van der Waals surface area contributed by atoms with Gasteiger partial charge in [0.15, 0.2) is 6.29 Å². The van der Waals surface area contributed by atoms with Crippen molar-refractivity contribution in [2.45, 2.75) is 82.8 Å². The molecule has 0 amide bonds. The molecule has 4 aromatic carbocycles. The van der Waals surface area contributed by atoms with Crippen LogP contribution in [0.4, 0.5) is 0 Å². The molecule has 0 aromatic heterocycles. The van der Waals surface area contributed by atoms with Crippen molar-refractivity contribution in [3.05, 3.63) is 144 Å². The summed E-state index contributed by atoms with van der Waals surface area (Å²) in [5.74, 6) is 0. The molecule has 46 heavy (non-hydrogen) atoms. The largest absolute Gasteiger partial charge is 0.374 e. The van der Waals surface area contributed by atoms with Gasteiger partial charge in [0.1, 0.15) is 24.4 Å². The Hall–Kier alpha value is -3.14. The van der Waals surface area contributed by atoms with Crippen molar-refractivity contribution in [2.24, 2.45) is 0 Å². The molecular weight excluding hydrogens is 593 g/mol. The maximum absolute atomic E-state index is 6.79. The molecule has 1 saturated heterocycles. The Morgan fingerprint density at radius 2 is 0.913 bits per heavy atom. The first-order valence-electron chi connectivity index (χ1n) is 16.3. The van der Waals surface area contributed by atoms with Crippen molar-refractivity contribution in [2.75, 3.05) is 13.2 Å². The molecule has 4 aromatic rings. The third-order valence-corrected chi connectivity index (χ3v) is 9.68. The Bertz CT molecular complexity index is 1380. The van der Waals surface area contributed by atoms with Crippen LogP contribution in [-0.4, -0.2) is 52.0 Å². The van der Waals surface area contributed by atoms with Crippen molar-refractivity contribution in [3.63, 3.8) is 0 Å². The molecule has 0 unspecified atom stereocenters. The molecule has 0 bridgehead atoms. The van der Waals surface area contributed by atoms with Gasteiger partial charge in [0.25, 0.3) is 0 Å². The van der Waals surface area contributed by atoms with E-state index in [1.54, 1.807) is 0 Å². The van der Waals surface area contributed by atoms with Crippen LogP contribution in [0, 0.1) is 0 Å². The minimum absolute atomic E-state index is 0.318. The van der Waals surface area contributed by atoms with Crippen LogP contribution in [0.3, 0.4) is 0 Å². The molecule has 1 heterocycles. The second-order valence-corrected chi connectivity index (χ2v) is 18.6. The van der Waals surface area contributed by atoms with Crippen LogP contribution < -0.4 is 0 Å². The summed E-state index contributed by atoms with van der Waals surface area (Å²) in [6.45, 7) is 9.62. The predicted octanol–water partition coefficient (Wildman–Crippen LogP) is 8.04. The van der Waals surface area contributed by atoms with E-state index in [-0.39, 0.29) is 0 Å². The van der Waals surface area contributed by atoms with E-state index in [4.69, 9.17) is 28.4 Å². The normalized spacial score (nSPS) is 21.7. The van der Waals surface area contributed by atoms with E-state index >= 15 is 0 Å². The molecule has 0 radical (unpaired) electrons. The molecule has 0 aliphatic carbocycles. The Kier molecular flexibility index (Phi) is 13.1. The highest BCUT2D eigenvalue weighted by atomic mass is 28.3. The molecule has 5 rings (SSSR count). The Labute approximate surface area is 275 Å². The lowest BCUT2D eigenvalue weighted by Gasteiger charge is -2.46. The quantitative estimate of drug-likeness (QED) is 0.109. The third kappa shape index (κ3) is 11.0. The summed E-state index contributed by atoms with van der Waals surface area (Å²) in [5, 5.41) is 0. The summed E-state index contributed by atoms with van der Waals surface area (Å²) in [4.78, 5) is 0. The van der Waals surface area contributed by atoms with E-state index in [1.807, 2.05) is 72.8 Å². The van der Waals surface area contributed by atoms with Gasteiger partial charge in [-0.2, -0.15) is 0 Å². The average Bonchev–Trinajstić information content (AvgIpc) is 3.07. The molecule has 1 fully saturated rings. The summed E-state index contributed by atoms with van der Waals surface area (Å²) >= 11 is 0. The molecule has 0 saturated carbocycles. The minimum Gasteiger partial charge on any atom is -0.374 e. The smallest absolute Gasteiger partial charge is 0.186 e. The molecule has 244 valence electrons. The first-order valence-corrected chi connectivity index (χ1v) is 20.0. The zero-order valence-electron chi connectivity index (χ0n) is 27.3. The summed E-state index contributed by atoms with van der Waals surface area (Å²) in [6, 6.07) is 41.8. The fourth-order valence-corrected chi connectivity index (χ4v) is 6.09. The Morgan fingerprint density at radius 1 is 0.500 bits per heavy atom. The first kappa shape index (κ1) is 34.2. The van der Waals surface area contributed by atoms with Crippen LogP contribution in [-0.2, 0) is 54.8 Å². The van der Waals surface area contributed by atoms with Gasteiger partial charge in [0.2, 0.25) is 0 Å². The van der Waals surface area contributed by atoms with Crippen LogP contribution >= 0.6 is 0 Å². The molecule has 1 aliphatic heterocycles. The van der Waals surface area contributed by atoms with E-state index in [2.05, 4.69) is 68.2 Å². The van der Waals surface area contributed by atoms with Crippen molar-refractivity contribution in [1.82, 2.24) is 0 Å². The molecule has 6 nitrogen and oxygen atoms in total. The molecule has 7 heteroatoms. The molecule has 0 N–H and O–H groups in total. The van der Waals surface area contributed by atoms with Gasteiger partial charge >= 0.3 is 0 Å². The lowest BCUT2D eigenvalue weighted by atomic mass is 9.97. The standard InChI is InChI=1S/C39H48O6Si/c1-46(2,3)25-24-41-39-38(44-29-34-22-14-7-15-23-34)37(43-28-33-20-12-6-13-21-33)36(42-27-32-18-10-5-11-19-32)35(45-39)30-40-26-31-16-8-4-9-17-31/h4-23,35-39H,24-30H2,1-3H3/t35-,36-,37+,38-,39-/m1/s1. The van der Waals surface area contributed by atoms with E-state index < -0.39 is 38.8 Å². The first-order chi connectivity index (χ1) is 22.4. The highest BCUT2D eigenvalue weighted by molar-refractivity contribution is 6.76. The third-order valence-electron chi connectivity index (χ3n) is 7.97. The van der Waals surface area contributed by atoms with E-state index in [1.165, 1.54) is 0 Å². The van der Waals surface area contributed by atoms with Crippen LogP contribution in [0.2, 0.25) is 25.7 Å². The number of hydrogen-bond donors (Lipinski definition) is 0. The lowest BCUT2D eigenvalue weighted by Crippen LogP contribution is -2.61. The SMILES string of the molecule is C[Si](C)(C)CCO[C@@H]1O[C@H](COCc2ccccc2)[C@@H](OCc2ccccc2)[C@H](OCc2ccccc2)[C@H]1OCc1ccccc1. The molecule has 5 atom stereocenters. The second-order valence-electron chi connectivity index (χ2n) is 13.0. The van der Waals surface area contributed by atoms with Crippen LogP contribution in [0.1, 0.15) is 22.3 Å². The number of hydrogen-bond acceptors (Lipinski definition) is 6. The predicted molar refractivity (Wildman–Crippen MR) is 184 cm³/mol. The summed E-state index contributed by atoms with van der Waals surface area (Å²) in [7, 11) is -1.35. The van der Waals surface area contributed by atoms with Gasteiger partial charge in [-0.1, -0.05) is 141 Å². The van der Waals surface area contributed by atoms with Gasteiger partial charge in [0.05, 0.1) is 33.0 Å². The highest BCUT2D eigenvalue weighted by Crippen LogP contribution is 2.32. The van der Waals surface area contributed by atoms with E-state index in [9.17, 15) is 0 Å². The van der Waals surface area contributed by atoms with Crippen LogP contribution in [0.15, 0.2) is 121 Å². The van der Waals surface area contributed by atoms with E-state index in [0.717, 1.165) is 28.3 Å². The van der Waals surface area contributed by atoms with Gasteiger partial charge in [-0.25, -0.2) is 0 Å². The van der Waals surface area contributed by atoms with Crippen LogP contribution in [0.5, 0.6) is 0 Å². The van der Waals surface area contributed by atoms with Crippen molar-refractivity contribution >= 4 is 8.07 Å². The number of rotatable bonds is 17. The van der Waals surface area contributed by atoms with Gasteiger partial charge in [0, 0.05) is 14.7 Å². The van der Waals surface area contributed by atoms with Gasteiger partial charge < -0.3 is 28.4 Å². The monoisotopic (exact) mass is 640 g/mol. The summed E-state index contributed by atoms with van der Waals surface area (Å²) in [5.41, 5.74) is 4.32. The van der Waals surface area contributed by atoms with Crippen molar-refractivity contribution in [3.8, 4) is 0 Å². The Morgan fingerprint density at radius 3 is 1.37 bits per heavy atom. The Balaban J connectivity index is 1.43. The number of ether oxygens (including phenoxy) is 6. The fourth-order valence-electron chi connectivity index (χ4n) is 5.36. The summed E-state index contributed by atoms with van der Waals surface area (Å²) < 4.78 is 39.8. The van der Waals surface area contributed by atoms with Crippen molar-refractivity contribution < 1.29 is 28.4 Å². The van der Waals surface area contributed by atoms with Gasteiger partial charge in [-0.05, 0) is 28.3 Å². The lowest BCUT2D eigenvalue weighted by molar-refractivity contribution is -0.327. The van der Waals surface area contributed by atoms with Crippen LogP contribution in [0.25, 0.3) is 0 Å². The minimum atomic E-state index is -1.35. The van der Waals surface area contributed by atoms with Crippen molar-refractivity contribution in [1.29, 1.82) is 0 Å². The average molecular weight is 641 g/mol. The van der Waals surface area contributed by atoms with Gasteiger partial charge in [-0.3, -0.25) is 0 Å². The maximum Gasteiger partial charge on any atom is 0.186 e. The topological polar surface area (TPSA) is 55.4 Å². The van der Waals surface area contributed by atoms with Gasteiger partial charge in [-0.15, -0.1) is 0 Å². The zero-order valence-corrected chi connectivity index (χ0v) is 28.3. The van der Waals surface area contributed by atoms with E-state index in [0.29, 0.717) is 39.6 Å². The summed E-state index contributed by atoms with van der Waals surface area (Å²) in [6.07, 6.45) is -2.58. The second kappa shape index (κ2) is 17.7. The fraction of sp³-hybridized carbons (Fsp3) is 0.385.